The molecule has 1 N–H and O–H groups in total. The average Bonchev–Trinajstić information content (AvgIpc) is 2.45. The van der Waals surface area contributed by atoms with Crippen LogP contribution >= 0.6 is 0 Å². The summed E-state index contributed by atoms with van der Waals surface area (Å²) in [7, 11) is 0. The van der Waals surface area contributed by atoms with Crippen molar-refractivity contribution in [2.24, 2.45) is 5.92 Å². The van der Waals surface area contributed by atoms with Crippen LogP contribution < -0.4 is 10.1 Å². The number of carbonyl (C=O) groups is 3. The molecule has 1 aromatic carbocycles. The van der Waals surface area contributed by atoms with Crippen LogP contribution in [0, 0.1) is 5.92 Å². The Labute approximate surface area is 129 Å². The Hall–Kier alpha value is -2.37. The van der Waals surface area contributed by atoms with Gasteiger partial charge in [-0.2, -0.15) is 0 Å². The van der Waals surface area contributed by atoms with Gasteiger partial charge in [0.15, 0.2) is 0 Å². The number of carbonyl (C=O) groups excluding carboxylic acids is 3. The molecule has 1 rings (SSSR count). The number of esters is 2. The molecule has 0 aliphatic carbocycles. The lowest BCUT2D eigenvalue weighted by Gasteiger charge is -2.08. The second kappa shape index (κ2) is 8.81. The third kappa shape index (κ3) is 6.88. The maximum atomic E-state index is 11.9. The number of hydrogen-bond donors (Lipinski definition) is 1. The number of benzene rings is 1. The third-order valence-electron chi connectivity index (χ3n) is 2.57. The van der Waals surface area contributed by atoms with Crippen molar-refractivity contribution in [3.8, 4) is 5.75 Å². The summed E-state index contributed by atoms with van der Waals surface area (Å²) in [6.07, 6.45) is 0.129. The van der Waals surface area contributed by atoms with E-state index in [1.165, 1.54) is 19.1 Å². The number of rotatable bonds is 7. The van der Waals surface area contributed by atoms with Gasteiger partial charge in [0.2, 0.25) is 0 Å². The fourth-order valence-corrected chi connectivity index (χ4v) is 1.55. The molecule has 0 atom stereocenters. The van der Waals surface area contributed by atoms with Crippen molar-refractivity contribution >= 4 is 17.8 Å². The molecule has 0 bridgehead atoms. The first-order valence-corrected chi connectivity index (χ1v) is 7.10. The molecule has 1 amide bonds. The van der Waals surface area contributed by atoms with Crippen molar-refractivity contribution in [2.75, 3.05) is 13.2 Å². The molecule has 0 aliphatic rings. The summed E-state index contributed by atoms with van der Waals surface area (Å²) >= 11 is 0. The van der Waals surface area contributed by atoms with Gasteiger partial charge in [-0.3, -0.25) is 14.4 Å². The number of nitrogens with one attached hydrogen (secondary N) is 1. The van der Waals surface area contributed by atoms with Crippen molar-refractivity contribution in [1.82, 2.24) is 5.32 Å². The summed E-state index contributed by atoms with van der Waals surface area (Å²) in [5.41, 5.74) is 0.423. The quantitative estimate of drug-likeness (QED) is 0.615. The van der Waals surface area contributed by atoms with Crippen LogP contribution in [0.25, 0.3) is 0 Å². The largest absolute Gasteiger partial charge is 0.465 e. The smallest absolute Gasteiger partial charge is 0.308 e. The molecular formula is C16H21NO5. The molecule has 6 nitrogen and oxygen atoms in total. The van der Waals surface area contributed by atoms with E-state index in [1.807, 2.05) is 13.8 Å². The summed E-state index contributed by atoms with van der Waals surface area (Å²) in [4.78, 5) is 34.0. The normalized spacial score (nSPS) is 10.2. The molecule has 0 aromatic heterocycles. The zero-order valence-corrected chi connectivity index (χ0v) is 13.0. The molecule has 0 fully saturated rings. The van der Waals surface area contributed by atoms with Crippen molar-refractivity contribution in [3.05, 3.63) is 29.8 Å². The molecular weight excluding hydrogens is 286 g/mol. The first-order chi connectivity index (χ1) is 10.4. The Balaban J connectivity index is 2.36. The van der Waals surface area contributed by atoms with E-state index in [2.05, 4.69) is 5.32 Å². The van der Waals surface area contributed by atoms with Gasteiger partial charge in [-0.25, -0.2) is 0 Å². The van der Waals surface area contributed by atoms with Gasteiger partial charge < -0.3 is 14.8 Å². The zero-order valence-electron chi connectivity index (χ0n) is 13.0. The minimum Gasteiger partial charge on any atom is -0.465 e. The molecule has 120 valence electrons. The van der Waals surface area contributed by atoms with Gasteiger partial charge in [0, 0.05) is 19.0 Å². The van der Waals surface area contributed by atoms with Crippen molar-refractivity contribution in [3.63, 3.8) is 0 Å². The molecule has 0 aliphatic heterocycles. The summed E-state index contributed by atoms with van der Waals surface area (Å²) < 4.78 is 9.88. The Kier molecular flexibility index (Phi) is 7.08. The van der Waals surface area contributed by atoms with Gasteiger partial charge >= 0.3 is 11.9 Å². The fourth-order valence-electron chi connectivity index (χ4n) is 1.55. The molecule has 0 spiro atoms. The van der Waals surface area contributed by atoms with E-state index in [4.69, 9.17) is 9.47 Å². The van der Waals surface area contributed by atoms with Crippen LogP contribution in [-0.4, -0.2) is 31.0 Å². The Morgan fingerprint density at radius 1 is 1.14 bits per heavy atom. The van der Waals surface area contributed by atoms with Gasteiger partial charge in [0.25, 0.3) is 5.91 Å². The molecule has 0 heterocycles. The highest BCUT2D eigenvalue weighted by molar-refractivity contribution is 5.94. The standard InChI is InChI=1S/C16H21NO5/c1-11(2)10-21-15(19)8-9-17-16(20)13-4-6-14(7-5-13)22-12(3)18/h4-7,11H,8-10H2,1-3H3,(H,17,20). The van der Waals surface area contributed by atoms with Crippen LogP contribution in [0.5, 0.6) is 5.75 Å². The number of hydrogen-bond acceptors (Lipinski definition) is 5. The Bertz CT molecular complexity index is 522. The van der Waals surface area contributed by atoms with E-state index in [1.54, 1.807) is 12.1 Å². The van der Waals surface area contributed by atoms with Gasteiger partial charge in [0.1, 0.15) is 5.75 Å². The van der Waals surface area contributed by atoms with Gasteiger partial charge in [-0.1, -0.05) is 13.8 Å². The van der Waals surface area contributed by atoms with Crippen LogP contribution in [0.15, 0.2) is 24.3 Å². The average molecular weight is 307 g/mol. The van der Waals surface area contributed by atoms with Crippen LogP contribution in [0.3, 0.4) is 0 Å². The highest BCUT2D eigenvalue weighted by atomic mass is 16.5. The van der Waals surface area contributed by atoms with Crippen molar-refractivity contribution in [2.45, 2.75) is 27.2 Å². The highest BCUT2D eigenvalue weighted by Crippen LogP contribution is 2.12. The predicted octanol–water partition coefficient (Wildman–Crippen LogP) is 1.93. The van der Waals surface area contributed by atoms with Crippen molar-refractivity contribution < 1.29 is 23.9 Å². The molecule has 1 aromatic rings. The molecule has 0 radical (unpaired) electrons. The number of amides is 1. The topological polar surface area (TPSA) is 81.7 Å². The van der Waals surface area contributed by atoms with E-state index in [0.29, 0.717) is 17.9 Å². The van der Waals surface area contributed by atoms with E-state index in [0.717, 1.165) is 0 Å². The van der Waals surface area contributed by atoms with E-state index in [9.17, 15) is 14.4 Å². The summed E-state index contributed by atoms with van der Waals surface area (Å²) in [5.74, 6) is -0.391. The summed E-state index contributed by atoms with van der Waals surface area (Å²) in [6.45, 7) is 5.80. The minimum absolute atomic E-state index is 0.129. The molecule has 0 unspecified atom stereocenters. The lowest BCUT2D eigenvalue weighted by molar-refractivity contribution is -0.144. The first-order valence-electron chi connectivity index (χ1n) is 7.10. The van der Waals surface area contributed by atoms with Crippen molar-refractivity contribution in [1.29, 1.82) is 0 Å². The molecule has 0 saturated heterocycles. The minimum atomic E-state index is -0.419. The van der Waals surface area contributed by atoms with Crippen LogP contribution in [0.4, 0.5) is 0 Å². The Morgan fingerprint density at radius 2 is 1.77 bits per heavy atom. The SMILES string of the molecule is CC(=O)Oc1ccc(C(=O)NCCC(=O)OCC(C)C)cc1. The van der Waals surface area contributed by atoms with E-state index < -0.39 is 5.97 Å². The second-order valence-electron chi connectivity index (χ2n) is 5.20. The number of ether oxygens (including phenoxy) is 2. The zero-order chi connectivity index (χ0) is 16.5. The van der Waals surface area contributed by atoms with Gasteiger partial charge in [-0.15, -0.1) is 0 Å². The third-order valence-corrected chi connectivity index (χ3v) is 2.57. The predicted molar refractivity (Wildman–Crippen MR) is 80.5 cm³/mol. The maximum Gasteiger partial charge on any atom is 0.308 e. The van der Waals surface area contributed by atoms with E-state index in [-0.39, 0.29) is 30.8 Å². The second-order valence-corrected chi connectivity index (χ2v) is 5.20. The van der Waals surface area contributed by atoms with Gasteiger partial charge in [0.05, 0.1) is 13.0 Å². The first kappa shape index (κ1) is 17.7. The molecule has 0 saturated carbocycles. The fraction of sp³-hybridized carbons (Fsp3) is 0.438. The molecule has 22 heavy (non-hydrogen) atoms. The lowest BCUT2D eigenvalue weighted by Crippen LogP contribution is -2.26. The van der Waals surface area contributed by atoms with E-state index >= 15 is 0 Å². The van der Waals surface area contributed by atoms with Crippen LogP contribution in [0.1, 0.15) is 37.6 Å². The van der Waals surface area contributed by atoms with Crippen LogP contribution in [-0.2, 0) is 14.3 Å². The Morgan fingerprint density at radius 3 is 2.32 bits per heavy atom. The van der Waals surface area contributed by atoms with Gasteiger partial charge in [-0.05, 0) is 30.2 Å². The summed E-state index contributed by atoms with van der Waals surface area (Å²) in [6, 6.07) is 6.16. The monoisotopic (exact) mass is 307 g/mol. The summed E-state index contributed by atoms with van der Waals surface area (Å²) in [5, 5.41) is 2.63. The molecule has 6 heteroatoms. The van der Waals surface area contributed by atoms with Crippen LogP contribution in [0.2, 0.25) is 0 Å². The highest BCUT2D eigenvalue weighted by Gasteiger charge is 2.08. The maximum absolute atomic E-state index is 11.9. The lowest BCUT2D eigenvalue weighted by atomic mass is 10.2.